The maximum absolute atomic E-state index is 12.3. The van der Waals surface area contributed by atoms with E-state index in [9.17, 15) is 19.2 Å². The summed E-state index contributed by atoms with van der Waals surface area (Å²) in [5.74, 6) is -0.612. The topological polar surface area (TPSA) is 92.8 Å². The molecule has 1 aromatic carbocycles. The Labute approximate surface area is 164 Å². The number of amides is 3. The van der Waals surface area contributed by atoms with Gasteiger partial charge in [-0.1, -0.05) is 32.8 Å². The van der Waals surface area contributed by atoms with E-state index in [0.717, 1.165) is 17.7 Å². The number of hydrogen-bond donors (Lipinski definition) is 1. The molecule has 2 aliphatic rings. The first-order chi connectivity index (χ1) is 13.4. The molecule has 3 amide bonds. The summed E-state index contributed by atoms with van der Waals surface area (Å²) in [4.78, 5) is 49.3. The zero-order valence-corrected chi connectivity index (χ0v) is 16.3. The lowest BCUT2D eigenvalue weighted by Gasteiger charge is -2.34. The molecule has 3 rings (SSSR count). The summed E-state index contributed by atoms with van der Waals surface area (Å²) in [6.07, 6.45) is 3.53. The first-order valence-corrected chi connectivity index (χ1v) is 9.79. The molecule has 1 saturated heterocycles. The van der Waals surface area contributed by atoms with Gasteiger partial charge in [0.25, 0.3) is 5.91 Å². The van der Waals surface area contributed by atoms with E-state index in [-0.39, 0.29) is 48.8 Å². The van der Waals surface area contributed by atoms with E-state index in [0.29, 0.717) is 17.5 Å². The molecule has 28 heavy (non-hydrogen) atoms. The van der Waals surface area contributed by atoms with Gasteiger partial charge in [0.1, 0.15) is 0 Å². The monoisotopic (exact) mass is 386 g/mol. The van der Waals surface area contributed by atoms with Crippen molar-refractivity contribution in [3.63, 3.8) is 0 Å². The van der Waals surface area contributed by atoms with Crippen LogP contribution in [0.15, 0.2) is 24.3 Å². The van der Waals surface area contributed by atoms with Gasteiger partial charge >= 0.3 is 5.97 Å². The highest BCUT2D eigenvalue weighted by molar-refractivity contribution is 6.20. The number of benzene rings is 1. The third-order valence-electron chi connectivity index (χ3n) is 5.78. The number of nitrogens with one attached hydrogen (secondary N) is 1. The fraction of sp³-hybridized carbons (Fsp3) is 0.524. The van der Waals surface area contributed by atoms with Crippen molar-refractivity contribution in [1.29, 1.82) is 0 Å². The first-order valence-electron chi connectivity index (χ1n) is 9.79. The van der Waals surface area contributed by atoms with Crippen LogP contribution < -0.4 is 10.2 Å². The molecule has 7 nitrogen and oxygen atoms in total. The maximum atomic E-state index is 12.3. The average molecular weight is 386 g/mol. The van der Waals surface area contributed by atoms with E-state index in [1.807, 2.05) is 0 Å². The summed E-state index contributed by atoms with van der Waals surface area (Å²) in [5, 5.41) is 2.96. The van der Waals surface area contributed by atoms with Crippen molar-refractivity contribution in [2.45, 2.75) is 52.0 Å². The average Bonchev–Trinajstić information content (AvgIpc) is 3.02. The summed E-state index contributed by atoms with van der Waals surface area (Å²) < 4.78 is 5.13. The van der Waals surface area contributed by atoms with E-state index in [4.69, 9.17) is 4.74 Å². The molecular weight excluding hydrogens is 360 g/mol. The second-order valence-corrected chi connectivity index (χ2v) is 7.69. The van der Waals surface area contributed by atoms with E-state index >= 15 is 0 Å². The van der Waals surface area contributed by atoms with Crippen LogP contribution in [0.5, 0.6) is 0 Å². The van der Waals surface area contributed by atoms with Crippen molar-refractivity contribution in [1.82, 2.24) is 5.32 Å². The number of rotatable bonds is 5. The Kier molecular flexibility index (Phi) is 6.11. The van der Waals surface area contributed by atoms with Crippen molar-refractivity contribution < 1.29 is 23.9 Å². The van der Waals surface area contributed by atoms with Gasteiger partial charge in [-0.3, -0.25) is 19.3 Å². The van der Waals surface area contributed by atoms with Crippen molar-refractivity contribution in [3.05, 3.63) is 29.8 Å². The van der Waals surface area contributed by atoms with Crippen LogP contribution in [0.4, 0.5) is 5.69 Å². The summed E-state index contributed by atoms with van der Waals surface area (Å²) >= 11 is 0. The second kappa shape index (κ2) is 8.54. The minimum Gasteiger partial charge on any atom is -0.452 e. The van der Waals surface area contributed by atoms with Crippen molar-refractivity contribution >= 4 is 29.4 Å². The minimum absolute atomic E-state index is 0.102. The van der Waals surface area contributed by atoms with Crippen LogP contribution in [-0.4, -0.2) is 36.3 Å². The van der Waals surface area contributed by atoms with Gasteiger partial charge in [0.05, 0.1) is 11.3 Å². The zero-order chi connectivity index (χ0) is 20.3. The Bertz CT molecular complexity index is 775. The van der Waals surface area contributed by atoms with E-state index in [1.165, 1.54) is 18.6 Å². The van der Waals surface area contributed by atoms with Crippen molar-refractivity contribution in [2.75, 3.05) is 11.5 Å². The van der Waals surface area contributed by atoms with Crippen LogP contribution in [0, 0.1) is 11.8 Å². The quantitative estimate of drug-likeness (QED) is 0.620. The number of anilines is 1. The molecule has 1 heterocycles. The molecule has 7 heteroatoms. The Morgan fingerprint density at radius 2 is 1.86 bits per heavy atom. The smallest absolute Gasteiger partial charge is 0.338 e. The summed E-state index contributed by atoms with van der Waals surface area (Å²) in [7, 11) is 0. The molecule has 0 spiro atoms. The number of esters is 1. The van der Waals surface area contributed by atoms with Gasteiger partial charge in [0, 0.05) is 18.9 Å². The third-order valence-corrected chi connectivity index (χ3v) is 5.78. The largest absolute Gasteiger partial charge is 0.452 e. The number of imide groups is 1. The second-order valence-electron chi connectivity index (χ2n) is 7.69. The summed E-state index contributed by atoms with van der Waals surface area (Å²) in [5.41, 5.74) is 0.536. The molecule has 1 aromatic rings. The number of hydrogen-bond acceptors (Lipinski definition) is 5. The molecule has 3 atom stereocenters. The highest BCUT2D eigenvalue weighted by Gasteiger charge is 2.31. The summed E-state index contributed by atoms with van der Waals surface area (Å²) in [6.45, 7) is 3.96. The van der Waals surface area contributed by atoms with Crippen LogP contribution in [0.2, 0.25) is 0 Å². The van der Waals surface area contributed by atoms with Crippen LogP contribution in [-0.2, 0) is 19.1 Å². The fourth-order valence-corrected chi connectivity index (χ4v) is 3.89. The molecule has 1 N–H and O–H groups in total. The maximum Gasteiger partial charge on any atom is 0.338 e. The zero-order valence-electron chi connectivity index (χ0n) is 16.3. The highest BCUT2D eigenvalue weighted by atomic mass is 16.5. The van der Waals surface area contributed by atoms with Gasteiger partial charge in [-0.2, -0.15) is 0 Å². The molecular formula is C21H26N2O5. The molecule has 0 unspecified atom stereocenters. The van der Waals surface area contributed by atoms with Crippen molar-refractivity contribution in [3.8, 4) is 0 Å². The van der Waals surface area contributed by atoms with Crippen LogP contribution >= 0.6 is 0 Å². The van der Waals surface area contributed by atoms with Crippen LogP contribution in [0.1, 0.15) is 56.3 Å². The molecule has 0 bridgehead atoms. The van der Waals surface area contributed by atoms with E-state index in [1.54, 1.807) is 12.1 Å². The van der Waals surface area contributed by atoms with Gasteiger partial charge in [-0.15, -0.1) is 0 Å². The molecule has 0 radical (unpaired) electrons. The predicted octanol–water partition coefficient (Wildman–Crippen LogP) is 2.44. The molecule has 2 fully saturated rings. The van der Waals surface area contributed by atoms with Gasteiger partial charge in [0.15, 0.2) is 6.61 Å². The first kappa shape index (κ1) is 20.0. The number of carbonyl (C=O) groups is 4. The van der Waals surface area contributed by atoms with E-state index in [2.05, 4.69) is 19.2 Å². The van der Waals surface area contributed by atoms with Gasteiger partial charge < -0.3 is 10.1 Å². The number of ether oxygens (including phenoxy) is 1. The lowest BCUT2D eigenvalue weighted by molar-refractivity contribution is -0.125. The molecule has 1 aliphatic heterocycles. The SMILES string of the molecule is C[C@@H]1[C@@H](C)CCC[C@H]1NC(=O)COC(=O)c1cccc(N2C(=O)CCC2=O)c1. The highest BCUT2D eigenvalue weighted by Crippen LogP contribution is 2.29. The molecule has 150 valence electrons. The summed E-state index contributed by atoms with van der Waals surface area (Å²) in [6, 6.07) is 6.24. The lowest BCUT2D eigenvalue weighted by Crippen LogP contribution is -2.45. The van der Waals surface area contributed by atoms with Gasteiger partial charge in [-0.05, 0) is 36.5 Å². The van der Waals surface area contributed by atoms with Crippen molar-refractivity contribution in [2.24, 2.45) is 11.8 Å². The van der Waals surface area contributed by atoms with Gasteiger partial charge in [-0.25, -0.2) is 4.79 Å². The Morgan fingerprint density at radius 3 is 2.57 bits per heavy atom. The third kappa shape index (κ3) is 4.40. The Hall–Kier alpha value is -2.70. The fourth-order valence-electron chi connectivity index (χ4n) is 3.89. The van der Waals surface area contributed by atoms with Crippen LogP contribution in [0.25, 0.3) is 0 Å². The molecule has 0 aromatic heterocycles. The number of carbonyl (C=O) groups excluding carboxylic acids is 4. The predicted molar refractivity (Wildman–Crippen MR) is 103 cm³/mol. The lowest BCUT2D eigenvalue weighted by atomic mass is 9.78. The normalized spacial score (nSPS) is 24.9. The van der Waals surface area contributed by atoms with Gasteiger partial charge in [0.2, 0.25) is 11.8 Å². The Balaban J connectivity index is 1.56. The van der Waals surface area contributed by atoms with Crippen LogP contribution in [0.3, 0.4) is 0 Å². The Morgan fingerprint density at radius 1 is 1.14 bits per heavy atom. The minimum atomic E-state index is -0.666. The molecule has 1 aliphatic carbocycles. The number of nitrogens with zero attached hydrogens (tertiary/aromatic N) is 1. The standard InChI is InChI=1S/C21H26N2O5/c1-13-5-3-8-17(14(13)2)22-18(24)12-28-21(27)15-6-4-7-16(11-15)23-19(25)9-10-20(23)26/h4,6-7,11,13-14,17H,3,5,8-10,12H2,1-2H3,(H,22,24)/t13-,14+,17+/m0/s1. The van der Waals surface area contributed by atoms with E-state index < -0.39 is 5.97 Å². The molecule has 1 saturated carbocycles.